The molecule has 3 unspecified atom stereocenters. The van der Waals surface area contributed by atoms with Crippen LogP contribution >= 0.6 is 0 Å². The predicted molar refractivity (Wildman–Crippen MR) is 40.7 cm³/mol. The summed E-state index contributed by atoms with van der Waals surface area (Å²) in [6.07, 6.45) is 3.10. The molecule has 1 saturated heterocycles. The second kappa shape index (κ2) is 1.58. The minimum Gasteiger partial charge on any atom is -0.300 e. The van der Waals surface area contributed by atoms with E-state index in [1.54, 1.807) is 6.42 Å². The molecule has 0 aromatic rings. The highest BCUT2D eigenvalue weighted by Crippen LogP contribution is 2.60. The molecule has 56 valence electrons. The highest BCUT2D eigenvalue weighted by Gasteiger charge is 2.60. The quantitative estimate of drug-likeness (QED) is 0.527. The molecule has 1 heterocycles. The lowest BCUT2D eigenvalue weighted by Crippen LogP contribution is -2.52. The lowest BCUT2D eigenvalue weighted by molar-refractivity contribution is -0.0228. The summed E-state index contributed by atoms with van der Waals surface area (Å²) >= 11 is 0. The van der Waals surface area contributed by atoms with Gasteiger partial charge in [0.1, 0.15) is 0 Å². The Balaban J connectivity index is 1.83. The number of nitrogens with zero attached hydrogens (tertiary/aromatic N) is 1. The average molecular weight is 137 g/mol. The molecular weight excluding hydrogens is 122 g/mol. The maximum atomic E-state index is 2.69. The van der Waals surface area contributed by atoms with Gasteiger partial charge in [0.2, 0.25) is 0 Å². The first-order valence-electron chi connectivity index (χ1n) is 4.64. The molecule has 0 aromatic carbocycles. The third-order valence-electron chi connectivity index (χ3n) is 4.03. The van der Waals surface area contributed by atoms with Crippen molar-refractivity contribution in [1.29, 1.82) is 0 Å². The van der Waals surface area contributed by atoms with Crippen molar-refractivity contribution >= 4 is 0 Å². The van der Waals surface area contributed by atoms with Gasteiger partial charge in [-0.3, -0.25) is 0 Å². The molecule has 0 amide bonds. The van der Waals surface area contributed by atoms with Gasteiger partial charge in [-0.05, 0) is 37.1 Å². The Morgan fingerprint density at radius 1 is 1.30 bits per heavy atom. The largest absolute Gasteiger partial charge is 0.300 e. The molecule has 2 saturated carbocycles. The van der Waals surface area contributed by atoms with Crippen LogP contribution in [-0.2, 0) is 0 Å². The van der Waals surface area contributed by atoms with Crippen molar-refractivity contribution in [2.24, 2.45) is 17.8 Å². The van der Waals surface area contributed by atoms with E-state index < -0.39 is 0 Å². The summed E-state index contributed by atoms with van der Waals surface area (Å²) in [5.41, 5.74) is 0. The smallest absolute Gasteiger partial charge is 0.0132 e. The van der Waals surface area contributed by atoms with Gasteiger partial charge in [0.25, 0.3) is 0 Å². The summed E-state index contributed by atoms with van der Waals surface area (Å²) in [7, 11) is 0. The van der Waals surface area contributed by atoms with E-state index in [4.69, 9.17) is 0 Å². The third kappa shape index (κ3) is 0.430. The minimum atomic E-state index is 1.04. The summed E-state index contributed by atoms with van der Waals surface area (Å²) in [6, 6.07) is 1.04. The van der Waals surface area contributed by atoms with E-state index in [0.717, 1.165) is 12.0 Å². The van der Waals surface area contributed by atoms with Gasteiger partial charge in [-0.2, -0.15) is 0 Å². The fraction of sp³-hybridized carbons (Fsp3) is 1.00. The number of rotatable bonds is 1. The van der Waals surface area contributed by atoms with Crippen LogP contribution < -0.4 is 0 Å². The Morgan fingerprint density at radius 3 is 2.80 bits per heavy atom. The van der Waals surface area contributed by atoms with E-state index in [1.165, 1.54) is 31.3 Å². The molecule has 3 fully saturated rings. The van der Waals surface area contributed by atoms with Crippen LogP contribution in [0.4, 0.5) is 0 Å². The summed E-state index contributed by atoms with van der Waals surface area (Å²) < 4.78 is 0. The Labute approximate surface area is 62.4 Å². The van der Waals surface area contributed by atoms with E-state index in [0.29, 0.717) is 0 Å². The third-order valence-corrected chi connectivity index (χ3v) is 4.03. The summed E-state index contributed by atoms with van der Waals surface area (Å²) in [6.45, 7) is 5.03. The normalized spacial score (nSPS) is 57.3. The van der Waals surface area contributed by atoms with Crippen LogP contribution in [0, 0.1) is 17.8 Å². The standard InChI is InChI=1S/C9H15N/c1-2-10-5-7-3-6-4-8(10)9(6)7/h6-9H,2-5H2,1H3/t6?,7?,8?,9-/m1/s1. The van der Waals surface area contributed by atoms with E-state index >= 15 is 0 Å². The fourth-order valence-electron chi connectivity index (χ4n) is 3.43. The SMILES string of the molecule is CCN1CC2CC3CC1[C@H]32. The summed E-state index contributed by atoms with van der Waals surface area (Å²) in [5.74, 6) is 3.47. The first kappa shape index (κ1) is 5.59. The monoisotopic (exact) mass is 137 g/mol. The average Bonchev–Trinajstić information content (AvgIpc) is 2.06. The van der Waals surface area contributed by atoms with E-state index in [-0.39, 0.29) is 0 Å². The van der Waals surface area contributed by atoms with Gasteiger partial charge >= 0.3 is 0 Å². The molecule has 0 spiro atoms. The molecule has 3 rings (SSSR count). The van der Waals surface area contributed by atoms with Gasteiger partial charge < -0.3 is 4.90 Å². The molecule has 0 radical (unpaired) electrons. The van der Waals surface area contributed by atoms with Crippen molar-refractivity contribution in [3.05, 3.63) is 0 Å². The van der Waals surface area contributed by atoms with Crippen molar-refractivity contribution in [2.45, 2.75) is 25.8 Å². The van der Waals surface area contributed by atoms with Crippen LogP contribution in [0.5, 0.6) is 0 Å². The molecule has 10 heavy (non-hydrogen) atoms. The summed E-state index contributed by atoms with van der Waals surface area (Å²) in [4.78, 5) is 2.69. The first-order chi connectivity index (χ1) is 4.90. The molecule has 3 aliphatic rings. The first-order valence-corrected chi connectivity index (χ1v) is 4.64. The maximum absolute atomic E-state index is 2.69. The topological polar surface area (TPSA) is 3.24 Å². The second-order valence-electron chi connectivity index (χ2n) is 4.22. The van der Waals surface area contributed by atoms with Crippen LogP contribution in [0.2, 0.25) is 0 Å². The van der Waals surface area contributed by atoms with Crippen molar-refractivity contribution in [3.8, 4) is 0 Å². The van der Waals surface area contributed by atoms with Crippen LogP contribution in [0.3, 0.4) is 0 Å². The Hall–Kier alpha value is -0.0400. The minimum absolute atomic E-state index is 1.04. The Kier molecular flexibility index (Phi) is 0.883. The van der Waals surface area contributed by atoms with Gasteiger partial charge in [0.15, 0.2) is 0 Å². The number of hydrogen-bond donors (Lipinski definition) is 0. The molecule has 4 atom stereocenters. The van der Waals surface area contributed by atoms with Crippen molar-refractivity contribution in [1.82, 2.24) is 4.90 Å². The van der Waals surface area contributed by atoms with E-state index in [9.17, 15) is 0 Å². The Bertz CT molecular complexity index is 166. The zero-order chi connectivity index (χ0) is 6.72. The van der Waals surface area contributed by atoms with Crippen LogP contribution in [0.1, 0.15) is 19.8 Å². The summed E-state index contributed by atoms with van der Waals surface area (Å²) in [5, 5.41) is 0. The van der Waals surface area contributed by atoms with Gasteiger partial charge in [0, 0.05) is 12.6 Å². The Morgan fingerprint density at radius 2 is 2.20 bits per heavy atom. The van der Waals surface area contributed by atoms with Crippen LogP contribution in [0.25, 0.3) is 0 Å². The maximum Gasteiger partial charge on any atom is 0.0132 e. The molecule has 1 nitrogen and oxygen atoms in total. The van der Waals surface area contributed by atoms with Gasteiger partial charge in [-0.1, -0.05) is 6.92 Å². The molecular formula is C9H15N. The molecule has 0 bridgehead atoms. The van der Waals surface area contributed by atoms with Crippen molar-refractivity contribution < 1.29 is 0 Å². The number of hydrogen-bond acceptors (Lipinski definition) is 1. The predicted octanol–water partition coefficient (Wildman–Crippen LogP) is 1.35. The lowest BCUT2D eigenvalue weighted by atomic mass is 9.53. The zero-order valence-corrected chi connectivity index (χ0v) is 6.59. The van der Waals surface area contributed by atoms with Crippen LogP contribution in [0.15, 0.2) is 0 Å². The highest BCUT2D eigenvalue weighted by atomic mass is 15.2. The van der Waals surface area contributed by atoms with Crippen molar-refractivity contribution in [3.63, 3.8) is 0 Å². The second-order valence-corrected chi connectivity index (χ2v) is 4.22. The van der Waals surface area contributed by atoms with Crippen molar-refractivity contribution in [2.75, 3.05) is 13.1 Å². The zero-order valence-electron chi connectivity index (χ0n) is 6.59. The fourth-order valence-corrected chi connectivity index (χ4v) is 3.43. The van der Waals surface area contributed by atoms with Gasteiger partial charge in [-0.25, -0.2) is 0 Å². The molecule has 0 aromatic heterocycles. The van der Waals surface area contributed by atoms with E-state index in [2.05, 4.69) is 11.8 Å². The van der Waals surface area contributed by atoms with Gasteiger partial charge in [0.05, 0.1) is 0 Å². The molecule has 1 heteroatoms. The van der Waals surface area contributed by atoms with Gasteiger partial charge in [-0.15, -0.1) is 0 Å². The van der Waals surface area contributed by atoms with E-state index in [1.807, 2.05) is 0 Å². The highest BCUT2D eigenvalue weighted by molar-refractivity contribution is 5.12. The lowest BCUT2D eigenvalue weighted by Gasteiger charge is -2.53. The van der Waals surface area contributed by atoms with Crippen LogP contribution in [-0.4, -0.2) is 24.0 Å². The number of likely N-dealkylation sites (tertiary alicyclic amines) is 1. The molecule has 0 N–H and O–H groups in total. The molecule has 2 aliphatic carbocycles. The molecule has 1 aliphatic heterocycles.